The summed E-state index contributed by atoms with van der Waals surface area (Å²) >= 11 is 0. The Morgan fingerprint density at radius 1 is 1.50 bits per heavy atom. The number of carbonyl (C=O) groups excluding carboxylic acids is 1. The van der Waals surface area contributed by atoms with E-state index in [2.05, 4.69) is 36.5 Å². The maximum absolute atomic E-state index is 12.0. The first kappa shape index (κ1) is 15.0. The van der Waals surface area contributed by atoms with Crippen molar-refractivity contribution in [1.29, 1.82) is 0 Å². The molecule has 0 bridgehead atoms. The number of aryl methyl sites for hydroxylation is 1. The van der Waals surface area contributed by atoms with E-state index >= 15 is 0 Å². The lowest BCUT2D eigenvalue weighted by molar-refractivity contribution is 0.0956. The fourth-order valence-corrected chi connectivity index (χ4v) is 2.83. The van der Waals surface area contributed by atoms with Crippen LogP contribution in [0.2, 0.25) is 0 Å². The minimum absolute atomic E-state index is 0.0713. The lowest BCUT2D eigenvalue weighted by Gasteiger charge is -2.25. The first-order chi connectivity index (χ1) is 9.56. The van der Waals surface area contributed by atoms with Crippen LogP contribution >= 0.6 is 0 Å². The Hall–Kier alpha value is -1.36. The van der Waals surface area contributed by atoms with Crippen LogP contribution in [-0.2, 0) is 19.4 Å². The van der Waals surface area contributed by atoms with Gasteiger partial charge < -0.3 is 10.6 Å². The number of nitrogens with zero attached hydrogens (tertiary/aromatic N) is 2. The third-order valence-electron chi connectivity index (χ3n) is 3.90. The molecule has 0 saturated heterocycles. The second-order valence-electron chi connectivity index (χ2n) is 5.91. The van der Waals surface area contributed by atoms with Crippen LogP contribution < -0.4 is 10.6 Å². The molecule has 0 spiro atoms. The maximum atomic E-state index is 12.0. The van der Waals surface area contributed by atoms with Gasteiger partial charge in [0.2, 0.25) is 0 Å². The Bertz CT molecular complexity index is 478. The molecule has 0 unspecified atom stereocenters. The molecule has 5 nitrogen and oxygen atoms in total. The number of carbonyl (C=O) groups is 1. The Morgan fingerprint density at radius 2 is 2.25 bits per heavy atom. The summed E-state index contributed by atoms with van der Waals surface area (Å²) in [5.74, 6) is 0.575. The van der Waals surface area contributed by atoms with Gasteiger partial charge in [-0.3, -0.25) is 9.48 Å². The second kappa shape index (κ2) is 6.39. The molecule has 0 radical (unpaired) electrons. The monoisotopic (exact) mass is 278 g/mol. The lowest BCUT2D eigenvalue weighted by Crippen LogP contribution is -2.37. The van der Waals surface area contributed by atoms with E-state index in [0.717, 1.165) is 37.9 Å². The number of hydrogen-bond donors (Lipinski definition) is 2. The van der Waals surface area contributed by atoms with Gasteiger partial charge in [-0.15, -0.1) is 0 Å². The number of rotatable bonds is 5. The molecule has 0 saturated carbocycles. The molecule has 1 aliphatic carbocycles. The normalized spacial score (nSPS) is 18.1. The van der Waals surface area contributed by atoms with Crippen LogP contribution in [0.1, 0.15) is 48.9 Å². The highest BCUT2D eigenvalue weighted by atomic mass is 16.1. The molecule has 2 rings (SSSR count). The molecule has 5 heteroatoms. The predicted molar refractivity (Wildman–Crippen MR) is 79.9 cm³/mol. The van der Waals surface area contributed by atoms with E-state index in [1.54, 1.807) is 7.05 Å². The Kier molecular flexibility index (Phi) is 4.81. The topological polar surface area (TPSA) is 59.0 Å². The van der Waals surface area contributed by atoms with Gasteiger partial charge >= 0.3 is 0 Å². The Morgan fingerprint density at radius 3 is 2.85 bits per heavy atom. The zero-order valence-electron chi connectivity index (χ0n) is 13.0. The van der Waals surface area contributed by atoms with Crippen molar-refractivity contribution in [3.8, 4) is 0 Å². The van der Waals surface area contributed by atoms with E-state index in [0.29, 0.717) is 17.7 Å². The summed E-state index contributed by atoms with van der Waals surface area (Å²) in [5, 5.41) is 10.8. The molecule has 1 aromatic rings. The summed E-state index contributed by atoms with van der Waals surface area (Å²) in [6.07, 6.45) is 3.03. The smallest absolute Gasteiger partial charge is 0.271 e. The van der Waals surface area contributed by atoms with Gasteiger partial charge in [-0.25, -0.2) is 0 Å². The van der Waals surface area contributed by atoms with Crippen molar-refractivity contribution >= 4 is 5.91 Å². The van der Waals surface area contributed by atoms with E-state index in [-0.39, 0.29) is 5.91 Å². The molecule has 1 aromatic heterocycles. The fourth-order valence-electron chi connectivity index (χ4n) is 2.83. The molecule has 1 amide bonds. The van der Waals surface area contributed by atoms with Gasteiger partial charge in [0.05, 0.1) is 0 Å². The van der Waals surface area contributed by atoms with Crippen LogP contribution in [0.3, 0.4) is 0 Å². The number of nitrogens with one attached hydrogen (secondary N) is 2. The highest BCUT2D eigenvalue weighted by molar-refractivity contribution is 5.93. The van der Waals surface area contributed by atoms with Crippen LogP contribution in [0.15, 0.2) is 0 Å². The maximum Gasteiger partial charge on any atom is 0.271 e. The Labute approximate surface area is 121 Å². The van der Waals surface area contributed by atoms with Gasteiger partial charge in [0.25, 0.3) is 5.91 Å². The molecule has 1 atom stereocenters. The van der Waals surface area contributed by atoms with Crippen LogP contribution in [0.4, 0.5) is 0 Å². The van der Waals surface area contributed by atoms with E-state index in [9.17, 15) is 4.79 Å². The quantitative estimate of drug-likeness (QED) is 0.855. The number of amides is 1. The van der Waals surface area contributed by atoms with Crippen molar-refractivity contribution < 1.29 is 4.79 Å². The van der Waals surface area contributed by atoms with Gasteiger partial charge in [0.1, 0.15) is 0 Å². The summed E-state index contributed by atoms with van der Waals surface area (Å²) in [5.41, 5.74) is 2.99. The van der Waals surface area contributed by atoms with Gasteiger partial charge in [0.15, 0.2) is 5.69 Å². The summed E-state index contributed by atoms with van der Waals surface area (Å²) in [6, 6.07) is 0.461. The highest BCUT2D eigenvalue weighted by Crippen LogP contribution is 2.25. The minimum atomic E-state index is -0.0713. The third-order valence-corrected chi connectivity index (χ3v) is 3.90. The SMILES string of the molecule is CCn1nc(C(=O)NC)c2c1CC[C@H](NCC(C)C)C2. The van der Waals surface area contributed by atoms with Gasteiger partial charge in [-0.1, -0.05) is 13.8 Å². The lowest BCUT2D eigenvalue weighted by atomic mass is 9.91. The van der Waals surface area contributed by atoms with Gasteiger partial charge in [-0.05, 0) is 38.6 Å². The van der Waals surface area contributed by atoms with Crippen molar-refractivity contribution in [2.24, 2.45) is 5.92 Å². The fraction of sp³-hybridized carbons (Fsp3) is 0.733. The van der Waals surface area contributed by atoms with E-state index in [4.69, 9.17) is 0 Å². The van der Waals surface area contributed by atoms with Crippen molar-refractivity contribution in [1.82, 2.24) is 20.4 Å². The molecular formula is C15H26N4O. The number of aromatic nitrogens is 2. The summed E-state index contributed by atoms with van der Waals surface area (Å²) in [6.45, 7) is 8.35. The minimum Gasteiger partial charge on any atom is -0.354 e. The third kappa shape index (κ3) is 3.03. The van der Waals surface area contributed by atoms with Crippen LogP contribution in [-0.4, -0.2) is 35.3 Å². The van der Waals surface area contributed by atoms with Crippen LogP contribution in [0.25, 0.3) is 0 Å². The molecule has 1 heterocycles. The average molecular weight is 278 g/mol. The van der Waals surface area contributed by atoms with Crippen molar-refractivity contribution in [2.75, 3.05) is 13.6 Å². The molecule has 1 aliphatic rings. The molecule has 0 fully saturated rings. The van der Waals surface area contributed by atoms with E-state index in [1.807, 2.05) is 4.68 Å². The van der Waals surface area contributed by atoms with Crippen molar-refractivity contribution in [3.63, 3.8) is 0 Å². The van der Waals surface area contributed by atoms with Crippen LogP contribution in [0, 0.1) is 5.92 Å². The zero-order chi connectivity index (χ0) is 14.7. The summed E-state index contributed by atoms with van der Waals surface area (Å²) in [4.78, 5) is 12.0. The number of hydrogen-bond acceptors (Lipinski definition) is 3. The van der Waals surface area contributed by atoms with Gasteiger partial charge in [-0.2, -0.15) is 5.10 Å². The standard InChI is InChI=1S/C15H26N4O/c1-5-19-13-7-6-11(17-9-10(2)3)8-12(13)14(18-19)15(20)16-4/h10-11,17H,5-9H2,1-4H3,(H,16,20)/t11-/m0/s1. The number of fused-ring (bicyclic) bond motifs is 1. The van der Waals surface area contributed by atoms with Crippen molar-refractivity contribution in [2.45, 2.75) is 52.6 Å². The van der Waals surface area contributed by atoms with Crippen LogP contribution in [0.5, 0.6) is 0 Å². The average Bonchev–Trinajstić information content (AvgIpc) is 2.82. The summed E-state index contributed by atoms with van der Waals surface area (Å²) in [7, 11) is 1.66. The molecule has 112 valence electrons. The second-order valence-corrected chi connectivity index (χ2v) is 5.91. The Balaban J connectivity index is 2.20. The van der Waals surface area contributed by atoms with E-state index < -0.39 is 0 Å². The highest BCUT2D eigenvalue weighted by Gasteiger charge is 2.28. The van der Waals surface area contributed by atoms with Crippen molar-refractivity contribution in [3.05, 3.63) is 17.0 Å². The molecule has 0 aliphatic heterocycles. The van der Waals surface area contributed by atoms with Gasteiger partial charge in [0, 0.05) is 30.9 Å². The first-order valence-corrected chi connectivity index (χ1v) is 7.60. The van der Waals surface area contributed by atoms with E-state index in [1.165, 1.54) is 5.69 Å². The largest absolute Gasteiger partial charge is 0.354 e. The molecule has 2 N–H and O–H groups in total. The summed E-state index contributed by atoms with van der Waals surface area (Å²) < 4.78 is 1.98. The first-order valence-electron chi connectivity index (χ1n) is 7.60. The predicted octanol–water partition coefficient (Wildman–Crippen LogP) is 1.37. The molecular weight excluding hydrogens is 252 g/mol. The molecule has 20 heavy (non-hydrogen) atoms. The zero-order valence-corrected chi connectivity index (χ0v) is 13.0. The molecule has 0 aromatic carbocycles.